The van der Waals surface area contributed by atoms with Gasteiger partial charge in [0.1, 0.15) is 0 Å². The van der Waals surface area contributed by atoms with Crippen LogP contribution in [0.3, 0.4) is 0 Å². The molecular formula is C15H20O2. The fraction of sp³-hybridized carbons (Fsp3) is 0.400. The highest BCUT2D eigenvalue weighted by molar-refractivity contribution is 5.67. The highest BCUT2D eigenvalue weighted by atomic mass is 16.4. The number of aliphatic carboxylic acids is 1. The van der Waals surface area contributed by atoms with Crippen molar-refractivity contribution in [2.24, 2.45) is 0 Å². The summed E-state index contributed by atoms with van der Waals surface area (Å²) in [5.41, 5.74) is 3.62. The first-order chi connectivity index (χ1) is 8.11. The Balaban J connectivity index is 2.74. The summed E-state index contributed by atoms with van der Waals surface area (Å²) >= 11 is 0. The maximum absolute atomic E-state index is 10.6. The summed E-state index contributed by atoms with van der Waals surface area (Å²) in [6.07, 6.45) is 5.01. The van der Waals surface area contributed by atoms with Crippen molar-refractivity contribution < 1.29 is 9.90 Å². The Morgan fingerprint density at radius 3 is 2.35 bits per heavy atom. The van der Waals surface area contributed by atoms with E-state index < -0.39 is 5.97 Å². The van der Waals surface area contributed by atoms with Gasteiger partial charge in [0.2, 0.25) is 0 Å². The first kappa shape index (κ1) is 13.5. The van der Waals surface area contributed by atoms with Crippen molar-refractivity contribution in [1.29, 1.82) is 0 Å². The number of carboxylic acid groups (broad SMARTS) is 1. The molecule has 0 heterocycles. The third-order valence-electron chi connectivity index (χ3n) is 2.68. The van der Waals surface area contributed by atoms with Gasteiger partial charge in [-0.25, -0.2) is 0 Å². The van der Waals surface area contributed by atoms with Gasteiger partial charge < -0.3 is 5.11 Å². The molecule has 0 fully saturated rings. The third kappa shape index (κ3) is 5.34. The molecule has 0 aliphatic heterocycles. The Bertz CT molecular complexity index is 388. The molecule has 0 radical (unpaired) electrons. The van der Waals surface area contributed by atoms with Crippen molar-refractivity contribution in [3.8, 4) is 0 Å². The Hall–Kier alpha value is -1.57. The van der Waals surface area contributed by atoms with E-state index in [2.05, 4.69) is 44.2 Å². The molecule has 1 aromatic carbocycles. The summed E-state index contributed by atoms with van der Waals surface area (Å²) in [5, 5.41) is 8.71. The van der Waals surface area contributed by atoms with E-state index in [1.807, 2.05) is 0 Å². The largest absolute Gasteiger partial charge is 0.481 e. The van der Waals surface area contributed by atoms with Gasteiger partial charge in [-0.05, 0) is 25.3 Å². The number of benzene rings is 1. The Labute approximate surface area is 103 Å². The standard InChI is InChI=1S/C15H20O2/c1-3-4-13(9-10-15(16)17)11-14-7-5-12(2)6-8-14/h5-8,11H,3-4,9-10H2,1-2H3,(H,16,17). The lowest BCUT2D eigenvalue weighted by molar-refractivity contribution is -0.136. The number of rotatable bonds is 6. The molecule has 2 nitrogen and oxygen atoms in total. The molecule has 0 atom stereocenters. The van der Waals surface area contributed by atoms with Crippen molar-refractivity contribution in [1.82, 2.24) is 0 Å². The second-order valence-corrected chi connectivity index (χ2v) is 4.36. The van der Waals surface area contributed by atoms with Gasteiger partial charge in [0, 0.05) is 6.42 Å². The second kappa shape index (κ2) is 6.89. The quantitative estimate of drug-likeness (QED) is 0.803. The van der Waals surface area contributed by atoms with Gasteiger partial charge in [0.05, 0.1) is 0 Å². The van der Waals surface area contributed by atoms with Crippen LogP contribution in [0.1, 0.15) is 43.7 Å². The van der Waals surface area contributed by atoms with Gasteiger partial charge in [-0.2, -0.15) is 0 Å². The van der Waals surface area contributed by atoms with Crippen LogP contribution in [0.25, 0.3) is 6.08 Å². The van der Waals surface area contributed by atoms with Crippen molar-refractivity contribution in [3.05, 3.63) is 41.0 Å². The first-order valence-electron chi connectivity index (χ1n) is 6.09. The first-order valence-corrected chi connectivity index (χ1v) is 6.09. The van der Waals surface area contributed by atoms with Gasteiger partial charge in [0.25, 0.3) is 0 Å². The number of aryl methyl sites for hydroxylation is 1. The zero-order chi connectivity index (χ0) is 12.7. The molecule has 0 aromatic heterocycles. The van der Waals surface area contributed by atoms with Crippen LogP contribution >= 0.6 is 0 Å². The van der Waals surface area contributed by atoms with Crippen LogP contribution < -0.4 is 0 Å². The zero-order valence-electron chi connectivity index (χ0n) is 10.6. The minimum absolute atomic E-state index is 0.220. The minimum atomic E-state index is -0.726. The van der Waals surface area contributed by atoms with E-state index in [4.69, 9.17) is 5.11 Å². The highest BCUT2D eigenvalue weighted by Gasteiger charge is 2.02. The van der Waals surface area contributed by atoms with E-state index >= 15 is 0 Å². The third-order valence-corrected chi connectivity index (χ3v) is 2.68. The average molecular weight is 232 g/mol. The molecule has 1 rings (SSSR count). The predicted octanol–water partition coefficient (Wildman–Crippen LogP) is 4.04. The maximum atomic E-state index is 10.6. The van der Waals surface area contributed by atoms with Crippen LogP contribution in [-0.2, 0) is 4.79 Å². The summed E-state index contributed by atoms with van der Waals surface area (Å²) < 4.78 is 0. The summed E-state index contributed by atoms with van der Waals surface area (Å²) in [7, 11) is 0. The molecule has 1 N–H and O–H groups in total. The van der Waals surface area contributed by atoms with Crippen molar-refractivity contribution in [2.75, 3.05) is 0 Å². The molecule has 2 heteroatoms. The molecule has 0 amide bonds. The highest BCUT2D eigenvalue weighted by Crippen LogP contribution is 2.17. The van der Waals surface area contributed by atoms with Crippen molar-refractivity contribution >= 4 is 12.0 Å². The van der Waals surface area contributed by atoms with Crippen LogP contribution in [0.4, 0.5) is 0 Å². The molecule has 17 heavy (non-hydrogen) atoms. The van der Waals surface area contributed by atoms with E-state index in [1.165, 1.54) is 11.1 Å². The Morgan fingerprint density at radius 1 is 1.18 bits per heavy atom. The predicted molar refractivity (Wildman–Crippen MR) is 70.9 cm³/mol. The summed E-state index contributed by atoms with van der Waals surface area (Å²) in [5.74, 6) is -0.726. The second-order valence-electron chi connectivity index (χ2n) is 4.36. The summed E-state index contributed by atoms with van der Waals surface area (Å²) in [6, 6.07) is 8.30. The van der Waals surface area contributed by atoms with E-state index in [0.29, 0.717) is 6.42 Å². The van der Waals surface area contributed by atoms with E-state index in [0.717, 1.165) is 18.4 Å². The SMILES string of the molecule is CCCC(=Cc1ccc(C)cc1)CCC(=O)O. The van der Waals surface area contributed by atoms with Crippen molar-refractivity contribution in [3.63, 3.8) is 0 Å². The van der Waals surface area contributed by atoms with Gasteiger partial charge in [-0.1, -0.05) is 54.8 Å². The lowest BCUT2D eigenvalue weighted by Gasteiger charge is -2.05. The lowest BCUT2D eigenvalue weighted by Crippen LogP contribution is -1.95. The number of hydrogen-bond donors (Lipinski definition) is 1. The zero-order valence-corrected chi connectivity index (χ0v) is 10.6. The van der Waals surface area contributed by atoms with Crippen LogP contribution in [0.5, 0.6) is 0 Å². The molecule has 0 aliphatic carbocycles. The monoisotopic (exact) mass is 232 g/mol. The van der Waals surface area contributed by atoms with E-state index in [-0.39, 0.29) is 6.42 Å². The molecular weight excluding hydrogens is 212 g/mol. The minimum Gasteiger partial charge on any atom is -0.481 e. The molecule has 92 valence electrons. The van der Waals surface area contributed by atoms with Crippen molar-refractivity contribution in [2.45, 2.75) is 39.5 Å². The number of carboxylic acids is 1. The van der Waals surface area contributed by atoms with Gasteiger partial charge in [0.15, 0.2) is 0 Å². The molecule has 0 spiro atoms. The van der Waals surface area contributed by atoms with Gasteiger partial charge in [-0.15, -0.1) is 0 Å². The fourth-order valence-electron chi connectivity index (χ4n) is 1.76. The lowest BCUT2D eigenvalue weighted by atomic mass is 10.0. The number of allylic oxidation sites excluding steroid dienone is 1. The Kier molecular flexibility index (Phi) is 5.47. The van der Waals surface area contributed by atoms with Gasteiger partial charge >= 0.3 is 5.97 Å². The van der Waals surface area contributed by atoms with E-state index in [9.17, 15) is 4.79 Å². The topological polar surface area (TPSA) is 37.3 Å². The van der Waals surface area contributed by atoms with Gasteiger partial charge in [-0.3, -0.25) is 4.79 Å². The normalized spacial score (nSPS) is 11.5. The molecule has 0 aliphatic rings. The van der Waals surface area contributed by atoms with Crippen LogP contribution in [-0.4, -0.2) is 11.1 Å². The molecule has 0 saturated carbocycles. The molecule has 0 bridgehead atoms. The maximum Gasteiger partial charge on any atom is 0.303 e. The van der Waals surface area contributed by atoms with Crippen LogP contribution in [0.15, 0.2) is 29.8 Å². The van der Waals surface area contributed by atoms with Crippen LogP contribution in [0, 0.1) is 6.92 Å². The smallest absolute Gasteiger partial charge is 0.303 e. The summed E-state index contributed by atoms with van der Waals surface area (Å²) in [4.78, 5) is 10.6. The van der Waals surface area contributed by atoms with Crippen LogP contribution in [0.2, 0.25) is 0 Å². The summed E-state index contributed by atoms with van der Waals surface area (Å²) in [6.45, 7) is 4.18. The number of hydrogen-bond acceptors (Lipinski definition) is 1. The number of carbonyl (C=O) groups is 1. The Morgan fingerprint density at radius 2 is 1.82 bits per heavy atom. The molecule has 1 aromatic rings. The average Bonchev–Trinajstić information content (AvgIpc) is 2.29. The fourth-order valence-corrected chi connectivity index (χ4v) is 1.76. The van der Waals surface area contributed by atoms with E-state index in [1.54, 1.807) is 0 Å². The molecule has 0 saturated heterocycles. The molecule has 0 unspecified atom stereocenters.